The number of methoxy groups -OCH3 is 1. The number of aryl methyl sites for hydroxylation is 1. The van der Waals surface area contributed by atoms with Crippen molar-refractivity contribution >= 4 is 0 Å². The maximum absolute atomic E-state index is 9.67. The standard InChI is InChI=1S/C27H31NO2/c1-26-13-11-23-22-9-5-19(17-28)15-20(22)6-10-24(23)25(26)12-14-27(26,30-2)16-18-3-7-21(29)8-4-18/h3-5,7-9,15,23-25,29H,6,10-14,16H2,1-2H3/t23?,24?,25?,26-,27+/m0/s1. The Bertz CT molecular complexity index is 991. The third-order valence-corrected chi connectivity index (χ3v) is 8.96. The van der Waals surface area contributed by atoms with Crippen LogP contribution in [0.5, 0.6) is 5.75 Å². The number of rotatable bonds is 3. The molecule has 156 valence electrons. The minimum absolute atomic E-state index is 0.134. The molecule has 3 aliphatic carbocycles. The van der Waals surface area contributed by atoms with Crippen LogP contribution >= 0.6 is 0 Å². The van der Waals surface area contributed by atoms with Gasteiger partial charge in [0, 0.05) is 18.9 Å². The normalized spacial score (nSPS) is 34.5. The molecule has 2 aromatic rings. The number of aromatic hydroxyl groups is 1. The monoisotopic (exact) mass is 401 g/mol. The molecule has 0 amide bonds. The summed E-state index contributed by atoms with van der Waals surface area (Å²) in [5.41, 5.74) is 4.98. The van der Waals surface area contributed by atoms with Crippen molar-refractivity contribution in [3.63, 3.8) is 0 Å². The minimum atomic E-state index is -0.134. The summed E-state index contributed by atoms with van der Waals surface area (Å²) in [6.07, 6.45) is 7.96. The smallest absolute Gasteiger partial charge is 0.115 e. The fraction of sp³-hybridized carbons (Fsp3) is 0.519. The molecule has 3 unspecified atom stereocenters. The number of phenols is 1. The first kappa shape index (κ1) is 19.6. The molecular formula is C27H31NO2. The molecule has 0 aliphatic heterocycles. The SMILES string of the molecule is CO[C@@]1(Cc2ccc(O)cc2)CCC2C3CCc4cc(C#N)ccc4C3CC[C@@]21C. The lowest BCUT2D eigenvalue weighted by molar-refractivity contribution is -0.125. The summed E-state index contributed by atoms with van der Waals surface area (Å²) in [4.78, 5) is 0. The van der Waals surface area contributed by atoms with Gasteiger partial charge in [-0.05, 0) is 97.2 Å². The van der Waals surface area contributed by atoms with Crippen LogP contribution in [0.15, 0.2) is 42.5 Å². The first-order valence-electron chi connectivity index (χ1n) is 11.4. The van der Waals surface area contributed by atoms with Gasteiger partial charge < -0.3 is 9.84 Å². The Kier molecular flexibility index (Phi) is 4.67. The van der Waals surface area contributed by atoms with Crippen LogP contribution in [-0.4, -0.2) is 17.8 Å². The molecule has 0 spiro atoms. The summed E-state index contributed by atoms with van der Waals surface area (Å²) >= 11 is 0. The van der Waals surface area contributed by atoms with Crippen molar-refractivity contribution in [1.29, 1.82) is 5.26 Å². The van der Waals surface area contributed by atoms with E-state index in [0.29, 0.717) is 23.5 Å². The van der Waals surface area contributed by atoms with Gasteiger partial charge >= 0.3 is 0 Å². The van der Waals surface area contributed by atoms with E-state index in [1.54, 1.807) is 12.1 Å². The van der Waals surface area contributed by atoms with Gasteiger partial charge in [-0.15, -0.1) is 0 Å². The molecule has 0 aromatic heterocycles. The predicted molar refractivity (Wildman–Crippen MR) is 117 cm³/mol. The Balaban J connectivity index is 1.46. The first-order valence-corrected chi connectivity index (χ1v) is 11.4. The Morgan fingerprint density at radius 1 is 1.10 bits per heavy atom. The average molecular weight is 402 g/mol. The van der Waals surface area contributed by atoms with Crippen molar-refractivity contribution in [2.24, 2.45) is 17.3 Å². The number of hydrogen-bond acceptors (Lipinski definition) is 3. The van der Waals surface area contributed by atoms with Crippen molar-refractivity contribution in [3.8, 4) is 11.8 Å². The van der Waals surface area contributed by atoms with Crippen molar-refractivity contribution in [2.75, 3.05) is 7.11 Å². The van der Waals surface area contributed by atoms with Crippen LogP contribution in [0.3, 0.4) is 0 Å². The Labute approximate surface area is 179 Å². The topological polar surface area (TPSA) is 53.2 Å². The number of fused-ring (bicyclic) bond motifs is 5. The Morgan fingerprint density at radius 2 is 1.90 bits per heavy atom. The molecule has 30 heavy (non-hydrogen) atoms. The molecule has 5 rings (SSSR count). The van der Waals surface area contributed by atoms with Gasteiger partial charge in [-0.25, -0.2) is 0 Å². The number of hydrogen-bond donors (Lipinski definition) is 1. The third kappa shape index (κ3) is 2.81. The summed E-state index contributed by atoms with van der Waals surface area (Å²) in [6.45, 7) is 2.49. The van der Waals surface area contributed by atoms with Crippen LogP contribution in [0.4, 0.5) is 0 Å². The van der Waals surface area contributed by atoms with Crippen molar-refractivity contribution < 1.29 is 9.84 Å². The van der Waals surface area contributed by atoms with Crippen LogP contribution in [0.2, 0.25) is 0 Å². The van der Waals surface area contributed by atoms with Gasteiger partial charge in [-0.1, -0.05) is 25.1 Å². The zero-order chi connectivity index (χ0) is 20.9. The number of nitriles is 1. The molecule has 0 bridgehead atoms. The van der Waals surface area contributed by atoms with Gasteiger partial charge in [0.15, 0.2) is 0 Å². The zero-order valence-electron chi connectivity index (χ0n) is 18.0. The van der Waals surface area contributed by atoms with Crippen molar-refractivity contribution in [3.05, 3.63) is 64.7 Å². The van der Waals surface area contributed by atoms with Gasteiger partial charge in [0.1, 0.15) is 5.75 Å². The Morgan fingerprint density at radius 3 is 2.63 bits per heavy atom. The van der Waals surface area contributed by atoms with E-state index in [2.05, 4.69) is 25.1 Å². The zero-order valence-corrected chi connectivity index (χ0v) is 18.0. The van der Waals surface area contributed by atoms with Gasteiger partial charge in [0.05, 0.1) is 17.2 Å². The maximum Gasteiger partial charge on any atom is 0.115 e. The van der Waals surface area contributed by atoms with Crippen LogP contribution < -0.4 is 0 Å². The lowest BCUT2D eigenvalue weighted by Gasteiger charge is -2.54. The lowest BCUT2D eigenvalue weighted by atomic mass is 9.52. The third-order valence-electron chi connectivity index (χ3n) is 8.96. The summed E-state index contributed by atoms with van der Waals surface area (Å²) in [7, 11) is 1.90. The fourth-order valence-electron chi connectivity index (χ4n) is 7.39. The van der Waals surface area contributed by atoms with Gasteiger partial charge in [0.2, 0.25) is 0 Å². The molecule has 2 saturated carbocycles. The summed E-state index contributed by atoms with van der Waals surface area (Å²) < 4.78 is 6.39. The van der Waals surface area contributed by atoms with Crippen LogP contribution in [0.25, 0.3) is 0 Å². The molecule has 3 nitrogen and oxygen atoms in total. The summed E-state index contributed by atoms with van der Waals surface area (Å²) in [5, 5.41) is 18.9. The van der Waals surface area contributed by atoms with Crippen LogP contribution in [-0.2, 0) is 17.6 Å². The molecule has 2 aromatic carbocycles. The van der Waals surface area contributed by atoms with Gasteiger partial charge in [-0.3, -0.25) is 0 Å². The lowest BCUT2D eigenvalue weighted by Crippen LogP contribution is -2.53. The highest BCUT2D eigenvalue weighted by molar-refractivity contribution is 5.42. The first-order chi connectivity index (χ1) is 14.5. The van der Waals surface area contributed by atoms with E-state index in [0.717, 1.165) is 24.8 Å². The van der Waals surface area contributed by atoms with E-state index in [1.807, 2.05) is 25.3 Å². The van der Waals surface area contributed by atoms with E-state index in [1.165, 1.54) is 42.4 Å². The molecule has 0 saturated heterocycles. The van der Waals surface area contributed by atoms with Crippen LogP contribution in [0.1, 0.15) is 67.2 Å². The molecule has 3 heteroatoms. The van der Waals surface area contributed by atoms with E-state index in [4.69, 9.17) is 4.74 Å². The molecule has 2 fully saturated rings. The molecule has 0 radical (unpaired) electrons. The van der Waals surface area contributed by atoms with Gasteiger partial charge in [0.25, 0.3) is 0 Å². The predicted octanol–water partition coefficient (Wildman–Crippen LogP) is 5.75. The summed E-state index contributed by atoms with van der Waals surface area (Å²) in [6, 6.07) is 16.3. The highest BCUT2D eigenvalue weighted by Crippen LogP contribution is 2.65. The van der Waals surface area contributed by atoms with E-state index >= 15 is 0 Å². The van der Waals surface area contributed by atoms with Crippen molar-refractivity contribution in [2.45, 2.75) is 63.4 Å². The highest BCUT2D eigenvalue weighted by Gasteiger charge is 2.62. The van der Waals surface area contributed by atoms with Crippen molar-refractivity contribution in [1.82, 2.24) is 0 Å². The number of ether oxygens (including phenoxy) is 1. The second-order valence-electron chi connectivity index (χ2n) is 9.98. The second kappa shape index (κ2) is 7.13. The fourth-order valence-corrected chi connectivity index (χ4v) is 7.39. The molecule has 3 aliphatic rings. The quantitative estimate of drug-likeness (QED) is 0.713. The molecular weight excluding hydrogens is 370 g/mol. The summed E-state index contributed by atoms with van der Waals surface area (Å²) in [5.74, 6) is 2.33. The molecule has 1 N–H and O–H groups in total. The van der Waals surface area contributed by atoms with E-state index in [9.17, 15) is 10.4 Å². The second-order valence-corrected chi connectivity index (χ2v) is 9.98. The highest BCUT2D eigenvalue weighted by atomic mass is 16.5. The molecule has 0 heterocycles. The number of benzene rings is 2. The minimum Gasteiger partial charge on any atom is -0.508 e. The van der Waals surface area contributed by atoms with Crippen LogP contribution in [0, 0.1) is 28.6 Å². The Hall–Kier alpha value is -2.31. The number of phenolic OH excluding ortho intramolecular Hbond substituents is 1. The van der Waals surface area contributed by atoms with Gasteiger partial charge in [-0.2, -0.15) is 5.26 Å². The van der Waals surface area contributed by atoms with E-state index in [-0.39, 0.29) is 11.0 Å². The molecule has 5 atom stereocenters. The van der Waals surface area contributed by atoms with E-state index < -0.39 is 0 Å². The number of nitrogens with zero attached hydrogens (tertiary/aromatic N) is 1. The average Bonchev–Trinajstić information content (AvgIpc) is 3.07. The maximum atomic E-state index is 9.67. The largest absolute Gasteiger partial charge is 0.508 e.